The molecule has 0 fully saturated rings. The number of rotatable bonds is 11. The van der Waals surface area contributed by atoms with E-state index in [1.54, 1.807) is 0 Å². The lowest BCUT2D eigenvalue weighted by Gasteiger charge is -2.07. The first kappa shape index (κ1) is 20.2. The van der Waals surface area contributed by atoms with E-state index >= 15 is 0 Å². The van der Waals surface area contributed by atoms with E-state index < -0.39 is 0 Å². The van der Waals surface area contributed by atoms with Crippen molar-refractivity contribution in [2.45, 2.75) is 71.6 Å². The lowest BCUT2D eigenvalue weighted by atomic mass is 10.0. The first-order chi connectivity index (χ1) is 12.7. The molecule has 0 radical (unpaired) electrons. The Kier molecular flexibility index (Phi) is 8.95. The molecule has 0 heterocycles. The summed E-state index contributed by atoms with van der Waals surface area (Å²) in [5.41, 5.74) is 3.18. The summed E-state index contributed by atoms with van der Waals surface area (Å²) in [5, 5.41) is 0. The van der Waals surface area contributed by atoms with Gasteiger partial charge >= 0.3 is 5.97 Å². The van der Waals surface area contributed by atoms with Crippen LogP contribution in [-0.2, 0) is 12.8 Å². The van der Waals surface area contributed by atoms with Crippen LogP contribution in [0.3, 0.4) is 0 Å². The molecule has 0 aliphatic rings. The van der Waals surface area contributed by atoms with Crippen molar-refractivity contribution in [2.75, 3.05) is 0 Å². The van der Waals surface area contributed by atoms with E-state index in [2.05, 4.69) is 13.8 Å². The third-order valence-corrected chi connectivity index (χ3v) is 4.71. The van der Waals surface area contributed by atoms with Gasteiger partial charge in [-0.15, -0.1) is 0 Å². The summed E-state index contributed by atoms with van der Waals surface area (Å²) in [6, 6.07) is 15.7. The maximum Gasteiger partial charge on any atom is 0.343 e. The predicted octanol–water partition coefficient (Wildman–Crippen LogP) is 6.76. The summed E-state index contributed by atoms with van der Waals surface area (Å²) in [6.45, 7) is 4.42. The van der Waals surface area contributed by atoms with Gasteiger partial charge in [0, 0.05) is 0 Å². The Bertz CT molecular complexity index is 641. The number of hydrogen-bond donors (Lipinski definition) is 0. The maximum atomic E-state index is 12.3. The summed E-state index contributed by atoms with van der Waals surface area (Å²) >= 11 is 0. The van der Waals surface area contributed by atoms with Crippen LogP contribution in [0, 0.1) is 0 Å². The van der Waals surface area contributed by atoms with Crippen LogP contribution in [0.25, 0.3) is 0 Å². The summed E-state index contributed by atoms with van der Waals surface area (Å²) in [5.74, 6) is 0.316. The molecule has 0 atom stereocenters. The van der Waals surface area contributed by atoms with Crippen LogP contribution in [0.2, 0.25) is 0 Å². The van der Waals surface area contributed by atoms with E-state index in [-0.39, 0.29) is 5.97 Å². The zero-order valence-corrected chi connectivity index (χ0v) is 16.3. The summed E-state index contributed by atoms with van der Waals surface area (Å²) < 4.78 is 5.49. The van der Waals surface area contributed by atoms with E-state index in [0.717, 1.165) is 12.8 Å². The number of aryl methyl sites for hydroxylation is 2. The van der Waals surface area contributed by atoms with E-state index in [4.69, 9.17) is 4.74 Å². The largest absolute Gasteiger partial charge is 0.423 e. The van der Waals surface area contributed by atoms with E-state index in [1.165, 1.54) is 56.1 Å². The highest BCUT2D eigenvalue weighted by Crippen LogP contribution is 2.16. The number of carbonyl (C=O) groups is 1. The third kappa shape index (κ3) is 7.03. The molecule has 2 aromatic rings. The van der Waals surface area contributed by atoms with E-state index in [1.807, 2.05) is 48.5 Å². The standard InChI is InChI=1S/C24H32O2/c1-3-5-7-8-9-11-21-12-16-22(17-13-21)24(25)26-23-18-14-20(15-19-23)10-6-4-2/h12-19H,3-11H2,1-2H3. The number of esters is 1. The Morgan fingerprint density at radius 3 is 1.85 bits per heavy atom. The maximum absolute atomic E-state index is 12.3. The van der Waals surface area contributed by atoms with Gasteiger partial charge < -0.3 is 4.74 Å². The van der Waals surface area contributed by atoms with Gasteiger partial charge in [0.1, 0.15) is 5.75 Å². The molecule has 0 spiro atoms. The highest BCUT2D eigenvalue weighted by molar-refractivity contribution is 5.91. The molecular formula is C24H32O2. The van der Waals surface area contributed by atoms with E-state index in [0.29, 0.717) is 11.3 Å². The minimum atomic E-state index is -0.291. The molecule has 0 saturated heterocycles. The SMILES string of the molecule is CCCCCCCc1ccc(C(=O)Oc2ccc(CCCC)cc2)cc1. The monoisotopic (exact) mass is 352 g/mol. The van der Waals surface area contributed by atoms with Gasteiger partial charge in [0.05, 0.1) is 5.56 Å². The smallest absolute Gasteiger partial charge is 0.343 e. The first-order valence-electron chi connectivity index (χ1n) is 10.1. The highest BCUT2D eigenvalue weighted by atomic mass is 16.5. The number of hydrogen-bond acceptors (Lipinski definition) is 2. The fourth-order valence-corrected chi connectivity index (χ4v) is 3.01. The van der Waals surface area contributed by atoms with Gasteiger partial charge in [0.2, 0.25) is 0 Å². The van der Waals surface area contributed by atoms with Gasteiger partial charge in [-0.1, -0.05) is 70.2 Å². The lowest BCUT2D eigenvalue weighted by molar-refractivity contribution is 0.0734. The average molecular weight is 353 g/mol. The minimum absolute atomic E-state index is 0.291. The molecule has 0 amide bonds. The number of benzene rings is 2. The van der Waals surface area contributed by atoms with Gasteiger partial charge in [-0.2, -0.15) is 0 Å². The normalized spacial score (nSPS) is 10.7. The van der Waals surface area contributed by atoms with Crippen molar-refractivity contribution in [1.29, 1.82) is 0 Å². The molecule has 2 rings (SSSR count). The molecule has 2 nitrogen and oxygen atoms in total. The Morgan fingerprint density at radius 2 is 1.23 bits per heavy atom. The van der Waals surface area contributed by atoms with Gasteiger partial charge in [-0.05, 0) is 61.1 Å². The third-order valence-electron chi connectivity index (χ3n) is 4.71. The van der Waals surface area contributed by atoms with Gasteiger partial charge in [-0.25, -0.2) is 4.79 Å². The molecule has 0 saturated carbocycles. The van der Waals surface area contributed by atoms with Gasteiger partial charge in [0.25, 0.3) is 0 Å². The highest BCUT2D eigenvalue weighted by Gasteiger charge is 2.08. The summed E-state index contributed by atoms with van der Waals surface area (Å²) in [6.07, 6.45) is 10.9. The molecule has 0 aromatic heterocycles. The fraction of sp³-hybridized carbons (Fsp3) is 0.458. The second-order valence-electron chi connectivity index (χ2n) is 7.00. The molecule has 0 N–H and O–H groups in total. The first-order valence-corrected chi connectivity index (χ1v) is 10.1. The van der Waals surface area contributed by atoms with Crippen molar-refractivity contribution in [2.24, 2.45) is 0 Å². The zero-order chi connectivity index (χ0) is 18.6. The van der Waals surface area contributed by atoms with Crippen LogP contribution in [0.1, 0.15) is 80.3 Å². The van der Waals surface area contributed by atoms with Crippen LogP contribution in [0.4, 0.5) is 0 Å². The second kappa shape index (κ2) is 11.5. The molecule has 2 heteroatoms. The molecule has 0 aliphatic heterocycles. The molecular weight excluding hydrogens is 320 g/mol. The van der Waals surface area contributed by atoms with Crippen molar-refractivity contribution in [1.82, 2.24) is 0 Å². The van der Waals surface area contributed by atoms with Gasteiger partial charge in [-0.3, -0.25) is 0 Å². The molecule has 2 aromatic carbocycles. The lowest BCUT2D eigenvalue weighted by Crippen LogP contribution is -2.08. The topological polar surface area (TPSA) is 26.3 Å². The number of carbonyl (C=O) groups excluding carboxylic acids is 1. The molecule has 0 unspecified atom stereocenters. The minimum Gasteiger partial charge on any atom is -0.423 e. The Balaban J connectivity index is 1.81. The number of unbranched alkanes of at least 4 members (excludes halogenated alkanes) is 5. The van der Waals surface area contributed by atoms with E-state index in [9.17, 15) is 4.79 Å². The zero-order valence-electron chi connectivity index (χ0n) is 16.3. The number of ether oxygens (including phenoxy) is 1. The van der Waals surface area contributed by atoms with Crippen LogP contribution in [-0.4, -0.2) is 5.97 Å². The summed E-state index contributed by atoms with van der Waals surface area (Å²) in [7, 11) is 0. The van der Waals surface area contributed by atoms with Crippen molar-refractivity contribution in [3.63, 3.8) is 0 Å². The Morgan fingerprint density at radius 1 is 0.692 bits per heavy atom. The van der Waals surface area contributed by atoms with Crippen LogP contribution in [0.15, 0.2) is 48.5 Å². The average Bonchev–Trinajstić information content (AvgIpc) is 2.68. The Labute approximate surface area is 158 Å². The van der Waals surface area contributed by atoms with Crippen LogP contribution < -0.4 is 4.74 Å². The fourth-order valence-electron chi connectivity index (χ4n) is 3.01. The molecule has 0 aliphatic carbocycles. The van der Waals surface area contributed by atoms with Crippen LogP contribution >= 0.6 is 0 Å². The molecule has 26 heavy (non-hydrogen) atoms. The Hall–Kier alpha value is -2.09. The quantitative estimate of drug-likeness (QED) is 0.254. The van der Waals surface area contributed by atoms with Crippen LogP contribution in [0.5, 0.6) is 5.75 Å². The predicted molar refractivity (Wildman–Crippen MR) is 109 cm³/mol. The summed E-state index contributed by atoms with van der Waals surface area (Å²) in [4.78, 5) is 12.3. The molecule has 0 bridgehead atoms. The van der Waals surface area contributed by atoms with Crippen molar-refractivity contribution in [3.8, 4) is 5.75 Å². The van der Waals surface area contributed by atoms with Crippen molar-refractivity contribution in [3.05, 3.63) is 65.2 Å². The van der Waals surface area contributed by atoms with Gasteiger partial charge in [0.15, 0.2) is 0 Å². The molecule has 140 valence electrons. The van der Waals surface area contributed by atoms with Crippen molar-refractivity contribution < 1.29 is 9.53 Å². The van der Waals surface area contributed by atoms with Crippen molar-refractivity contribution >= 4 is 5.97 Å². The second-order valence-corrected chi connectivity index (χ2v) is 7.00.